The fraction of sp³-hybridized carbons (Fsp3) is 0.529. The third-order valence-electron chi connectivity index (χ3n) is 4.36. The van der Waals surface area contributed by atoms with Crippen molar-refractivity contribution in [1.29, 1.82) is 0 Å². The molecule has 0 aliphatic carbocycles. The second-order valence-corrected chi connectivity index (χ2v) is 7.27. The minimum Gasteiger partial charge on any atom is -0.481 e. The number of aliphatic carboxylic acids is 1. The number of hydrogen-bond donors (Lipinski definition) is 2. The zero-order valence-corrected chi connectivity index (χ0v) is 15.0. The van der Waals surface area contributed by atoms with Crippen LogP contribution in [0, 0.1) is 11.8 Å². The predicted octanol–water partition coefficient (Wildman–Crippen LogP) is 3.46. The molecule has 1 aliphatic rings. The lowest BCUT2D eigenvalue weighted by atomic mass is 9.96. The van der Waals surface area contributed by atoms with Gasteiger partial charge in [-0.15, -0.1) is 11.8 Å². The Balaban J connectivity index is 1.94. The number of nitrogens with one attached hydrogen (secondary N) is 1. The van der Waals surface area contributed by atoms with Crippen LogP contribution >= 0.6 is 11.8 Å². The second kappa shape index (κ2) is 8.66. The molecule has 1 unspecified atom stereocenters. The highest BCUT2D eigenvalue weighted by atomic mass is 32.2. The molecule has 0 bridgehead atoms. The fourth-order valence-electron chi connectivity index (χ4n) is 2.79. The van der Waals surface area contributed by atoms with Gasteiger partial charge in [-0.05, 0) is 18.6 Å². The first-order valence-corrected chi connectivity index (χ1v) is 9.23. The number of urea groups is 1. The minimum absolute atomic E-state index is 0.221. The summed E-state index contributed by atoms with van der Waals surface area (Å²) in [6, 6.07) is 8.69. The molecule has 1 aromatic carbocycles. The van der Waals surface area contributed by atoms with Gasteiger partial charge in [0.1, 0.15) is 0 Å². The molecule has 1 heterocycles. The molecule has 1 saturated heterocycles. The number of amides is 2. The van der Waals surface area contributed by atoms with Gasteiger partial charge in [-0.1, -0.05) is 25.1 Å². The molecule has 9 heteroatoms. The lowest BCUT2D eigenvalue weighted by Crippen LogP contribution is -2.45. The van der Waals surface area contributed by atoms with Crippen LogP contribution in [0.3, 0.4) is 0 Å². The van der Waals surface area contributed by atoms with E-state index in [4.69, 9.17) is 5.11 Å². The summed E-state index contributed by atoms with van der Waals surface area (Å²) in [7, 11) is 0. The molecule has 144 valence electrons. The van der Waals surface area contributed by atoms with Crippen molar-refractivity contribution in [2.45, 2.75) is 30.5 Å². The molecule has 0 spiro atoms. The van der Waals surface area contributed by atoms with Gasteiger partial charge in [-0.2, -0.15) is 13.2 Å². The fourth-order valence-corrected chi connectivity index (χ4v) is 3.85. The first kappa shape index (κ1) is 20.4. The third-order valence-corrected chi connectivity index (χ3v) is 5.53. The van der Waals surface area contributed by atoms with Crippen LogP contribution < -0.4 is 5.32 Å². The van der Waals surface area contributed by atoms with Crippen LogP contribution in [0.15, 0.2) is 35.2 Å². The molecule has 0 radical (unpaired) electrons. The van der Waals surface area contributed by atoms with Crippen LogP contribution in [0.1, 0.15) is 13.3 Å². The van der Waals surface area contributed by atoms with E-state index in [-0.39, 0.29) is 6.04 Å². The molecule has 0 saturated carbocycles. The number of thioether (sulfide) groups is 1. The van der Waals surface area contributed by atoms with Gasteiger partial charge < -0.3 is 15.3 Å². The van der Waals surface area contributed by atoms with Crippen molar-refractivity contribution in [1.82, 2.24) is 10.2 Å². The number of nitrogens with zero attached hydrogens (tertiary/aromatic N) is 1. The summed E-state index contributed by atoms with van der Waals surface area (Å²) in [5, 5.41) is 11.7. The van der Waals surface area contributed by atoms with Gasteiger partial charge in [0.15, 0.2) is 0 Å². The van der Waals surface area contributed by atoms with Gasteiger partial charge >= 0.3 is 18.2 Å². The molecule has 3 atom stereocenters. The molecule has 1 aliphatic heterocycles. The number of carbonyl (C=O) groups is 2. The highest BCUT2D eigenvalue weighted by molar-refractivity contribution is 7.99. The Bertz CT molecular complexity index is 627. The SMILES string of the molecule is CCC(CSc1ccccc1)NC(=O)N1C[C@@H](C(F)(F)F)[C@H](C(=O)O)C1. The Morgan fingerprint density at radius 1 is 1.31 bits per heavy atom. The number of hydrogen-bond acceptors (Lipinski definition) is 3. The van der Waals surface area contributed by atoms with Crippen molar-refractivity contribution in [3.05, 3.63) is 30.3 Å². The maximum absolute atomic E-state index is 13.0. The van der Waals surface area contributed by atoms with Gasteiger partial charge in [0, 0.05) is 29.8 Å². The van der Waals surface area contributed by atoms with Gasteiger partial charge in [0.05, 0.1) is 11.8 Å². The van der Waals surface area contributed by atoms with E-state index < -0.39 is 43.1 Å². The molecule has 2 amide bonds. The van der Waals surface area contributed by atoms with E-state index in [9.17, 15) is 22.8 Å². The lowest BCUT2D eigenvalue weighted by molar-refractivity contribution is -0.187. The van der Waals surface area contributed by atoms with Gasteiger partial charge in [0.25, 0.3) is 0 Å². The number of likely N-dealkylation sites (tertiary alicyclic amines) is 1. The van der Waals surface area contributed by atoms with Crippen molar-refractivity contribution in [2.24, 2.45) is 11.8 Å². The number of carboxylic acids is 1. The normalized spacial score (nSPS) is 21.5. The second-order valence-electron chi connectivity index (χ2n) is 6.18. The van der Waals surface area contributed by atoms with Crippen LogP contribution in [-0.2, 0) is 4.79 Å². The molecule has 0 aromatic heterocycles. The summed E-state index contributed by atoms with van der Waals surface area (Å²) < 4.78 is 39.1. The van der Waals surface area contributed by atoms with Gasteiger partial charge in [0.2, 0.25) is 0 Å². The standard InChI is InChI=1S/C17H21F3N2O3S/c1-2-11(10-26-12-6-4-3-5-7-12)21-16(25)22-8-13(15(23)24)14(9-22)17(18,19)20/h3-7,11,13-14H,2,8-10H2,1H3,(H,21,25)(H,23,24)/t11?,13-,14-/m1/s1. The topological polar surface area (TPSA) is 69.6 Å². The predicted molar refractivity (Wildman–Crippen MR) is 92.0 cm³/mol. The first-order valence-electron chi connectivity index (χ1n) is 8.25. The maximum atomic E-state index is 13.0. The summed E-state index contributed by atoms with van der Waals surface area (Å²) in [5.74, 6) is -4.62. The van der Waals surface area contributed by atoms with E-state index in [2.05, 4.69) is 5.32 Å². The number of carboxylic acid groups (broad SMARTS) is 1. The Hall–Kier alpha value is -1.90. The smallest absolute Gasteiger partial charge is 0.394 e. The minimum atomic E-state index is -4.65. The number of rotatable bonds is 6. The van der Waals surface area contributed by atoms with Crippen LogP contribution in [0.4, 0.5) is 18.0 Å². The quantitative estimate of drug-likeness (QED) is 0.730. The van der Waals surface area contributed by atoms with Crippen molar-refractivity contribution < 1.29 is 27.9 Å². The highest BCUT2D eigenvalue weighted by Gasteiger charge is 2.53. The average molecular weight is 390 g/mol. The van der Waals surface area contributed by atoms with E-state index in [0.717, 1.165) is 9.80 Å². The Kier molecular flexibility index (Phi) is 6.80. The molecule has 1 fully saturated rings. The Morgan fingerprint density at radius 2 is 1.96 bits per heavy atom. The summed E-state index contributed by atoms with van der Waals surface area (Å²) in [5.41, 5.74) is 0. The van der Waals surface area contributed by atoms with Gasteiger partial charge in [-0.3, -0.25) is 4.79 Å². The summed E-state index contributed by atoms with van der Waals surface area (Å²) in [6.07, 6.45) is -4.03. The van der Waals surface area contributed by atoms with Crippen molar-refractivity contribution in [3.63, 3.8) is 0 Å². The van der Waals surface area contributed by atoms with Gasteiger partial charge in [-0.25, -0.2) is 4.79 Å². The number of halogens is 3. The molecule has 1 aromatic rings. The van der Waals surface area contributed by atoms with E-state index in [1.165, 1.54) is 0 Å². The molecular weight excluding hydrogens is 369 g/mol. The Labute approximate surface area is 153 Å². The highest BCUT2D eigenvalue weighted by Crippen LogP contribution is 2.37. The zero-order valence-electron chi connectivity index (χ0n) is 14.2. The van der Waals surface area contributed by atoms with E-state index in [1.54, 1.807) is 11.8 Å². The number of carbonyl (C=O) groups excluding carboxylic acids is 1. The van der Waals surface area contributed by atoms with E-state index in [0.29, 0.717) is 12.2 Å². The monoisotopic (exact) mass is 390 g/mol. The van der Waals surface area contributed by atoms with Crippen molar-refractivity contribution in [3.8, 4) is 0 Å². The summed E-state index contributed by atoms with van der Waals surface area (Å²) in [4.78, 5) is 25.4. The van der Waals surface area contributed by atoms with E-state index >= 15 is 0 Å². The molecule has 5 nitrogen and oxygen atoms in total. The molecule has 2 rings (SSSR count). The van der Waals surface area contributed by atoms with Crippen LogP contribution in [0.5, 0.6) is 0 Å². The van der Waals surface area contributed by atoms with Crippen molar-refractivity contribution in [2.75, 3.05) is 18.8 Å². The molecular formula is C17H21F3N2O3S. The molecule has 26 heavy (non-hydrogen) atoms. The van der Waals surface area contributed by atoms with Crippen LogP contribution in [-0.4, -0.2) is 53.1 Å². The van der Waals surface area contributed by atoms with E-state index in [1.807, 2.05) is 37.3 Å². The molecule has 2 N–H and O–H groups in total. The summed E-state index contributed by atoms with van der Waals surface area (Å²) in [6.45, 7) is 0.807. The van der Waals surface area contributed by atoms with Crippen LogP contribution in [0.25, 0.3) is 0 Å². The zero-order chi connectivity index (χ0) is 19.3. The first-order chi connectivity index (χ1) is 12.2. The van der Waals surface area contributed by atoms with Crippen molar-refractivity contribution >= 4 is 23.8 Å². The largest absolute Gasteiger partial charge is 0.481 e. The maximum Gasteiger partial charge on any atom is 0.394 e. The average Bonchev–Trinajstić information content (AvgIpc) is 3.05. The van der Waals surface area contributed by atoms with Crippen LogP contribution in [0.2, 0.25) is 0 Å². The number of benzene rings is 1. The Morgan fingerprint density at radius 3 is 2.46 bits per heavy atom. The number of alkyl halides is 3. The summed E-state index contributed by atoms with van der Waals surface area (Å²) >= 11 is 1.54. The third kappa shape index (κ3) is 5.30. The lowest BCUT2D eigenvalue weighted by Gasteiger charge is -2.22.